The maximum atomic E-state index is 12.4. The lowest BCUT2D eigenvalue weighted by Crippen LogP contribution is -2.12. The number of aromatic nitrogens is 5. The molecule has 4 aromatic rings. The normalized spacial score (nSPS) is 11.1. The molecule has 4 rings (SSSR count). The number of H-pyrrole nitrogens is 1. The first kappa shape index (κ1) is 14.6. The fourth-order valence-corrected chi connectivity index (χ4v) is 3.25. The van der Waals surface area contributed by atoms with Crippen LogP contribution in [0.4, 0.5) is 5.82 Å². The van der Waals surface area contributed by atoms with Crippen LogP contribution in [0.5, 0.6) is 0 Å². The van der Waals surface area contributed by atoms with Crippen LogP contribution in [0.25, 0.3) is 21.7 Å². The van der Waals surface area contributed by atoms with Crippen LogP contribution >= 0.6 is 11.3 Å². The minimum absolute atomic E-state index is 0.268. The summed E-state index contributed by atoms with van der Waals surface area (Å²) < 4.78 is 1.81. The number of imidazole rings is 1. The number of carbonyl (C=O) groups excluding carboxylic acids is 1. The molecule has 0 atom stereocenters. The van der Waals surface area contributed by atoms with E-state index >= 15 is 0 Å². The number of carbonyl (C=O) groups is 1. The maximum absolute atomic E-state index is 12.4. The second kappa shape index (κ2) is 5.57. The molecule has 120 valence electrons. The Morgan fingerprint density at radius 2 is 2.17 bits per heavy atom. The number of pyridine rings is 1. The van der Waals surface area contributed by atoms with E-state index in [1.165, 1.54) is 11.1 Å². The fourth-order valence-electron chi connectivity index (χ4n) is 2.42. The number of thiophene rings is 1. The van der Waals surface area contributed by atoms with Crippen molar-refractivity contribution in [3.8, 4) is 10.6 Å². The first-order valence-electron chi connectivity index (χ1n) is 7.31. The van der Waals surface area contributed by atoms with Crippen LogP contribution < -0.4 is 5.32 Å². The molecule has 4 aromatic heterocycles. The minimum atomic E-state index is -0.268. The Kier molecular flexibility index (Phi) is 3.39. The molecule has 0 saturated heterocycles. The topological polar surface area (TPSA) is 88.5 Å². The number of amides is 1. The smallest absolute Gasteiger partial charge is 0.258 e. The van der Waals surface area contributed by atoms with Gasteiger partial charge in [0.1, 0.15) is 5.52 Å². The van der Waals surface area contributed by atoms with E-state index in [9.17, 15) is 4.79 Å². The van der Waals surface area contributed by atoms with Crippen LogP contribution in [-0.4, -0.2) is 30.6 Å². The molecular weight excluding hydrogens is 324 g/mol. The van der Waals surface area contributed by atoms with Gasteiger partial charge in [0.25, 0.3) is 5.91 Å². The number of nitrogens with zero attached hydrogens (tertiary/aromatic N) is 4. The van der Waals surface area contributed by atoms with E-state index in [1.807, 2.05) is 32.2 Å². The Labute approximate surface area is 141 Å². The van der Waals surface area contributed by atoms with E-state index in [4.69, 9.17) is 0 Å². The fraction of sp³-hybridized carbons (Fsp3) is 0.125. The lowest BCUT2D eigenvalue weighted by molar-refractivity contribution is 0.102. The predicted octanol–water partition coefficient (Wildman–Crippen LogP) is 2.98. The highest BCUT2D eigenvalue weighted by atomic mass is 32.1. The van der Waals surface area contributed by atoms with Gasteiger partial charge in [0.05, 0.1) is 22.5 Å². The van der Waals surface area contributed by atoms with Crippen LogP contribution in [0.2, 0.25) is 0 Å². The van der Waals surface area contributed by atoms with Crippen LogP contribution in [0.15, 0.2) is 36.8 Å². The SMILES string of the molecule is Cc1ccc(-c2cc(NC(=O)c3cnc4c(c3)ncn4C)n[nH]2)s1. The molecular formula is C16H14N6OS. The molecule has 8 heteroatoms. The molecule has 0 bridgehead atoms. The van der Waals surface area contributed by atoms with E-state index in [0.717, 1.165) is 16.2 Å². The lowest BCUT2D eigenvalue weighted by atomic mass is 10.2. The van der Waals surface area contributed by atoms with Crippen molar-refractivity contribution in [3.63, 3.8) is 0 Å². The number of aromatic amines is 1. The number of aryl methyl sites for hydroxylation is 2. The predicted molar refractivity (Wildman–Crippen MR) is 93.1 cm³/mol. The van der Waals surface area contributed by atoms with Gasteiger partial charge in [-0.3, -0.25) is 9.89 Å². The summed E-state index contributed by atoms with van der Waals surface area (Å²) in [5.74, 6) is 0.206. The van der Waals surface area contributed by atoms with Crippen molar-refractivity contribution in [2.24, 2.45) is 7.05 Å². The van der Waals surface area contributed by atoms with Gasteiger partial charge in [0, 0.05) is 24.2 Å². The molecule has 0 saturated carbocycles. The van der Waals surface area contributed by atoms with Crippen molar-refractivity contribution >= 4 is 34.2 Å². The second-order valence-corrected chi connectivity index (χ2v) is 6.74. The number of rotatable bonds is 3. The maximum Gasteiger partial charge on any atom is 0.258 e. The van der Waals surface area contributed by atoms with Crippen molar-refractivity contribution in [3.05, 3.63) is 47.2 Å². The van der Waals surface area contributed by atoms with Crippen molar-refractivity contribution in [2.75, 3.05) is 5.32 Å². The highest BCUT2D eigenvalue weighted by molar-refractivity contribution is 7.15. The van der Waals surface area contributed by atoms with Gasteiger partial charge in [-0.25, -0.2) is 9.97 Å². The molecule has 0 aliphatic heterocycles. The third-order valence-electron chi connectivity index (χ3n) is 3.64. The summed E-state index contributed by atoms with van der Waals surface area (Å²) in [5, 5.41) is 9.86. The zero-order valence-electron chi connectivity index (χ0n) is 13.1. The Morgan fingerprint density at radius 1 is 1.29 bits per heavy atom. The molecule has 2 N–H and O–H groups in total. The van der Waals surface area contributed by atoms with Crippen LogP contribution in [0, 0.1) is 6.92 Å². The van der Waals surface area contributed by atoms with Crippen molar-refractivity contribution < 1.29 is 4.79 Å². The Hall–Kier alpha value is -3.00. The van der Waals surface area contributed by atoms with Gasteiger partial charge < -0.3 is 9.88 Å². The van der Waals surface area contributed by atoms with E-state index in [2.05, 4.69) is 25.5 Å². The molecule has 0 aliphatic rings. The number of anilines is 1. The molecule has 1 amide bonds. The van der Waals surface area contributed by atoms with Crippen LogP contribution in [0.3, 0.4) is 0 Å². The van der Waals surface area contributed by atoms with E-state index in [0.29, 0.717) is 16.9 Å². The third-order valence-corrected chi connectivity index (χ3v) is 4.67. The highest BCUT2D eigenvalue weighted by Crippen LogP contribution is 2.27. The largest absolute Gasteiger partial charge is 0.318 e. The van der Waals surface area contributed by atoms with Gasteiger partial charge in [-0.1, -0.05) is 0 Å². The summed E-state index contributed by atoms with van der Waals surface area (Å²) in [6.07, 6.45) is 3.21. The van der Waals surface area contributed by atoms with Crippen LogP contribution in [-0.2, 0) is 7.05 Å². The van der Waals surface area contributed by atoms with E-state index in [-0.39, 0.29) is 5.91 Å². The number of hydrogen-bond donors (Lipinski definition) is 2. The first-order chi connectivity index (χ1) is 11.6. The summed E-state index contributed by atoms with van der Waals surface area (Å²) in [6, 6.07) is 7.61. The van der Waals surface area contributed by atoms with Gasteiger partial charge in [0.2, 0.25) is 0 Å². The van der Waals surface area contributed by atoms with Crippen molar-refractivity contribution in [1.29, 1.82) is 0 Å². The molecule has 24 heavy (non-hydrogen) atoms. The average Bonchev–Trinajstić information content (AvgIpc) is 3.28. The summed E-state index contributed by atoms with van der Waals surface area (Å²) >= 11 is 1.67. The molecule has 0 aliphatic carbocycles. The Balaban J connectivity index is 1.55. The van der Waals surface area contributed by atoms with E-state index < -0.39 is 0 Å². The van der Waals surface area contributed by atoms with Crippen LogP contribution in [0.1, 0.15) is 15.2 Å². The molecule has 0 spiro atoms. The van der Waals surface area contributed by atoms with Gasteiger partial charge in [-0.15, -0.1) is 11.3 Å². The summed E-state index contributed by atoms with van der Waals surface area (Å²) in [5.41, 5.74) is 2.74. The summed E-state index contributed by atoms with van der Waals surface area (Å²) in [7, 11) is 1.86. The number of nitrogens with one attached hydrogen (secondary N) is 2. The Morgan fingerprint density at radius 3 is 2.96 bits per heavy atom. The first-order valence-corrected chi connectivity index (χ1v) is 8.12. The molecule has 7 nitrogen and oxygen atoms in total. The van der Waals surface area contributed by atoms with Crippen molar-refractivity contribution in [2.45, 2.75) is 6.92 Å². The van der Waals surface area contributed by atoms with Crippen molar-refractivity contribution in [1.82, 2.24) is 24.7 Å². The number of hydrogen-bond acceptors (Lipinski definition) is 5. The minimum Gasteiger partial charge on any atom is -0.318 e. The third kappa shape index (κ3) is 2.56. The molecule has 0 fully saturated rings. The monoisotopic (exact) mass is 338 g/mol. The van der Waals surface area contributed by atoms with E-state index in [1.54, 1.807) is 28.3 Å². The van der Waals surface area contributed by atoms with Gasteiger partial charge >= 0.3 is 0 Å². The summed E-state index contributed by atoms with van der Waals surface area (Å²) in [6.45, 7) is 2.05. The van der Waals surface area contributed by atoms with Gasteiger partial charge in [-0.2, -0.15) is 5.10 Å². The molecule has 0 radical (unpaired) electrons. The molecule has 0 aromatic carbocycles. The standard InChI is InChI=1S/C16H14N6OS/c1-9-3-4-13(24-9)11-6-14(21-20-11)19-16(23)10-5-12-15(17-7-10)22(2)8-18-12/h3-8H,1-2H3,(H2,19,20,21,23). The molecule has 0 unspecified atom stereocenters. The lowest BCUT2D eigenvalue weighted by Gasteiger charge is -2.01. The zero-order valence-corrected chi connectivity index (χ0v) is 13.9. The highest BCUT2D eigenvalue weighted by Gasteiger charge is 2.12. The molecule has 4 heterocycles. The van der Waals surface area contributed by atoms with Gasteiger partial charge in [0.15, 0.2) is 11.5 Å². The average molecular weight is 338 g/mol. The zero-order chi connectivity index (χ0) is 16.7. The second-order valence-electron chi connectivity index (χ2n) is 5.45. The van der Waals surface area contributed by atoms with Gasteiger partial charge in [-0.05, 0) is 25.1 Å². The number of fused-ring (bicyclic) bond motifs is 1. The summed E-state index contributed by atoms with van der Waals surface area (Å²) in [4.78, 5) is 23.2. The Bertz CT molecular complexity index is 1040. The quantitative estimate of drug-likeness (QED) is 0.601.